The van der Waals surface area contributed by atoms with E-state index in [0.717, 1.165) is 25.2 Å². The molecule has 0 unspecified atom stereocenters. The average Bonchev–Trinajstić information content (AvgIpc) is 2.39. The minimum Gasteiger partial charge on any atom is -0.366 e. The van der Waals surface area contributed by atoms with Crippen LogP contribution < -0.4 is 4.90 Å². The first-order valence-electron chi connectivity index (χ1n) is 6.17. The summed E-state index contributed by atoms with van der Waals surface area (Å²) in [6.07, 6.45) is 4.58. The molecule has 0 saturated carbocycles. The average molecular weight is 244 g/mol. The topological polar surface area (TPSA) is 16.1 Å². The Morgan fingerprint density at radius 1 is 1.39 bits per heavy atom. The lowest BCUT2D eigenvalue weighted by Crippen LogP contribution is -2.24. The monoisotopic (exact) mass is 244 g/mol. The lowest BCUT2D eigenvalue weighted by molar-refractivity contribution is 0.639. The van der Waals surface area contributed by atoms with Gasteiger partial charge in [-0.15, -0.1) is 6.58 Å². The Labute approximate surface area is 107 Å². The van der Waals surface area contributed by atoms with Crippen LogP contribution in [-0.2, 0) is 0 Å². The van der Waals surface area contributed by atoms with Gasteiger partial charge < -0.3 is 4.90 Å². The Balaban J connectivity index is 2.55. The maximum atomic E-state index is 13.7. The third-order valence-electron chi connectivity index (χ3n) is 2.88. The second kappa shape index (κ2) is 5.63. The van der Waals surface area contributed by atoms with E-state index in [2.05, 4.69) is 23.4 Å². The van der Waals surface area contributed by atoms with Crippen LogP contribution in [0.15, 0.2) is 43.1 Å². The molecule has 0 amide bonds. The van der Waals surface area contributed by atoms with Gasteiger partial charge in [-0.05, 0) is 30.7 Å². The minimum absolute atomic E-state index is 0.225. The van der Waals surface area contributed by atoms with Crippen molar-refractivity contribution in [1.29, 1.82) is 0 Å². The summed E-state index contributed by atoms with van der Waals surface area (Å²) in [7, 11) is 0. The molecule has 0 fully saturated rings. The van der Waals surface area contributed by atoms with E-state index in [1.165, 1.54) is 6.07 Å². The zero-order valence-corrected chi connectivity index (χ0v) is 10.6. The van der Waals surface area contributed by atoms with Crippen LogP contribution in [0, 0.1) is 5.82 Å². The molecule has 0 bridgehead atoms. The van der Waals surface area contributed by atoms with E-state index in [9.17, 15) is 4.39 Å². The van der Waals surface area contributed by atoms with Gasteiger partial charge in [0.25, 0.3) is 0 Å². The Kier molecular flexibility index (Phi) is 3.92. The number of benzene rings is 1. The molecular weight excluding hydrogens is 227 g/mol. The summed E-state index contributed by atoms with van der Waals surface area (Å²) in [4.78, 5) is 6.48. The molecular formula is C15H17FN2. The SMILES string of the molecule is C=CCN(CCC)c1ccc(F)c2cccnc12. The van der Waals surface area contributed by atoms with Crippen molar-refractivity contribution >= 4 is 16.6 Å². The summed E-state index contributed by atoms with van der Waals surface area (Å²) in [5.41, 5.74) is 1.68. The number of hydrogen-bond acceptors (Lipinski definition) is 2. The number of fused-ring (bicyclic) bond motifs is 1. The van der Waals surface area contributed by atoms with Crippen molar-refractivity contribution in [3.05, 3.63) is 48.9 Å². The lowest BCUT2D eigenvalue weighted by atomic mass is 10.1. The minimum atomic E-state index is -0.225. The molecule has 94 valence electrons. The van der Waals surface area contributed by atoms with Gasteiger partial charge in [0.05, 0.1) is 11.2 Å². The molecule has 0 aliphatic carbocycles. The third-order valence-corrected chi connectivity index (χ3v) is 2.88. The van der Waals surface area contributed by atoms with Crippen LogP contribution in [0.1, 0.15) is 13.3 Å². The molecule has 0 radical (unpaired) electrons. The van der Waals surface area contributed by atoms with Crippen LogP contribution in [-0.4, -0.2) is 18.1 Å². The van der Waals surface area contributed by atoms with Crippen LogP contribution in [0.3, 0.4) is 0 Å². The fourth-order valence-electron chi connectivity index (χ4n) is 2.11. The summed E-state index contributed by atoms with van der Waals surface area (Å²) in [5.74, 6) is -0.225. The van der Waals surface area contributed by atoms with E-state index >= 15 is 0 Å². The molecule has 2 nitrogen and oxygen atoms in total. The van der Waals surface area contributed by atoms with Crippen molar-refractivity contribution < 1.29 is 4.39 Å². The molecule has 2 rings (SSSR count). The number of nitrogens with zero attached hydrogens (tertiary/aromatic N) is 2. The van der Waals surface area contributed by atoms with Crippen LogP contribution in [0.25, 0.3) is 10.9 Å². The number of halogens is 1. The van der Waals surface area contributed by atoms with Crippen LogP contribution in [0.2, 0.25) is 0 Å². The molecule has 0 aliphatic rings. The molecule has 1 aromatic carbocycles. The van der Waals surface area contributed by atoms with E-state index in [4.69, 9.17) is 0 Å². The highest BCUT2D eigenvalue weighted by Gasteiger charge is 2.11. The highest BCUT2D eigenvalue weighted by Crippen LogP contribution is 2.27. The quantitative estimate of drug-likeness (QED) is 0.744. The number of hydrogen-bond donors (Lipinski definition) is 0. The van der Waals surface area contributed by atoms with Crippen molar-refractivity contribution in [2.75, 3.05) is 18.0 Å². The molecule has 1 aromatic heterocycles. The highest BCUT2D eigenvalue weighted by molar-refractivity contribution is 5.91. The van der Waals surface area contributed by atoms with Gasteiger partial charge in [-0.2, -0.15) is 0 Å². The maximum absolute atomic E-state index is 13.7. The molecule has 0 spiro atoms. The molecule has 1 heterocycles. The van der Waals surface area contributed by atoms with Gasteiger partial charge in [-0.25, -0.2) is 4.39 Å². The summed E-state index contributed by atoms with van der Waals surface area (Å²) in [5, 5.41) is 0.570. The summed E-state index contributed by atoms with van der Waals surface area (Å²) >= 11 is 0. The van der Waals surface area contributed by atoms with Gasteiger partial charge in [0.2, 0.25) is 0 Å². The van der Waals surface area contributed by atoms with Crippen molar-refractivity contribution in [3.63, 3.8) is 0 Å². The van der Waals surface area contributed by atoms with Crippen molar-refractivity contribution in [2.24, 2.45) is 0 Å². The van der Waals surface area contributed by atoms with Gasteiger partial charge >= 0.3 is 0 Å². The van der Waals surface area contributed by atoms with E-state index < -0.39 is 0 Å². The second-order valence-electron chi connectivity index (χ2n) is 4.20. The highest BCUT2D eigenvalue weighted by atomic mass is 19.1. The van der Waals surface area contributed by atoms with Gasteiger partial charge in [0.1, 0.15) is 5.82 Å². The Morgan fingerprint density at radius 3 is 2.94 bits per heavy atom. The fourth-order valence-corrected chi connectivity index (χ4v) is 2.11. The summed E-state index contributed by atoms with van der Waals surface area (Å²) in [6.45, 7) is 7.54. The smallest absolute Gasteiger partial charge is 0.132 e. The first-order valence-corrected chi connectivity index (χ1v) is 6.17. The largest absolute Gasteiger partial charge is 0.366 e. The van der Waals surface area contributed by atoms with Gasteiger partial charge in [0, 0.05) is 24.7 Å². The number of anilines is 1. The molecule has 0 atom stereocenters. The lowest BCUT2D eigenvalue weighted by Gasteiger charge is -2.23. The van der Waals surface area contributed by atoms with Crippen LogP contribution in [0.4, 0.5) is 10.1 Å². The van der Waals surface area contributed by atoms with Crippen molar-refractivity contribution in [3.8, 4) is 0 Å². The fraction of sp³-hybridized carbons (Fsp3) is 0.267. The molecule has 18 heavy (non-hydrogen) atoms. The number of aromatic nitrogens is 1. The summed E-state index contributed by atoms with van der Waals surface area (Å²) < 4.78 is 13.7. The first-order chi connectivity index (χ1) is 8.77. The third kappa shape index (κ3) is 2.35. The predicted molar refractivity (Wildman–Crippen MR) is 74.4 cm³/mol. The predicted octanol–water partition coefficient (Wildman–Crippen LogP) is 3.78. The zero-order chi connectivity index (χ0) is 13.0. The van der Waals surface area contributed by atoms with E-state index in [0.29, 0.717) is 10.9 Å². The Morgan fingerprint density at radius 2 is 2.22 bits per heavy atom. The molecule has 0 saturated heterocycles. The van der Waals surface area contributed by atoms with Gasteiger partial charge in [-0.3, -0.25) is 4.98 Å². The number of rotatable bonds is 5. The maximum Gasteiger partial charge on any atom is 0.132 e. The van der Waals surface area contributed by atoms with Crippen molar-refractivity contribution in [1.82, 2.24) is 4.98 Å². The second-order valence-corrected chi connectivity index (χ2v) is 4.20. The molecule has 2 aromatic rings. The van der Waals surface area contributed by atoms with Crippen LogP contribution >= 0.6 is 0 Å². The van der Waals surface area contributed by atoms with E-state index in [-0.39, 0.29) is 5.82 Å². The Bertz CT molecular complexity index is 551. The van der Waals surface area contributed by atoms with Gasteiger partial charge in [0.15, 0.2) is 0 Å². The van der Waals surface area contributed by atoms with E-state index in [1.807, 2.05) is 6.08 Å². The zero-order valence-electron chi connectivity index (χ0n) is 10.6. The molecule has 3 heteroatoms. The van der Waals surface area contributed by atoms with E-state index in [1.54, 1.807) is 24.4 Å². The number of pyridine rings is 1. The molecule has 0 aliphatic heterocycles. The summed E-state index contributed by atoms with van der Waals surface area (Å²) in [6, 6.07) is 6.82. The van der Waals surface area contributed by atoms with Crippen LogP contribution in [0.5, 0.6) is 0 Å². The standard InChI is InChI=1S/C15H17FN2/c1-3-10-18(11-4-2)14-8-7-13(16)12-6-5-9-17-15(12)14/h3,5-9H,1,4,10-11H2,2H3. The van der Waals surface area contributed by atoms with Crippen molar-refractivity contribution in [2.45, 2.75) is 13.3 Å². The normalized spacial score (nSPS) is 10.6. The molecule has 0 N–H and O–H groups in total. The Hall–Kier alpha value is -1.90. The first kappa shape index (κ1) is 12.6. The van der Waals surface area contributed by atoms with Gasteiger partial charge in [-0.1, -0.05) is 13.0 Å².